The van der Waals surface area contributed by atoms with Crippen LogP contribution in [0.2, 0.25) is 10.0 Å². The summed E-state index contributed by atoms with van der Waals surface area (Å²) >= 11 is 12.3. The molecule has 2 aromatic heterocycles. The maximum absolute atomic E-state index is 13.9. The van der Waals surface area contributed by atoms with Crippen LogP contribution in [0.3, 0.4) is 0 Å². The standard InChI is InChI=1S/C23H26Cl2FN5O3/c1-13(21-17(24)2-3-18(26)22(21)25)34-19-8-14(9-28-23(19)27)15-10-29-31(11-15)16-4-6-30(7-5-16)20(33)12-32/h2-3,8-11,13,16,20,32-33H,4-7,12H2,1H3,(H2,27,28)/t13-,20?/m1/s1. The molecule has 0 spiro atoms. The molecule has 3 aromatic rings. The number of benzene rings is 1. The minimum Gasteiger partial charge on any atom is -0.482 e. The fourth-order valence-electron chi connectivity index (χ4n) is 4.12. The van der Waals surface area contributed by atoms with Gasteiger partial charge in [-0.15, -0.1) is 0 Å². The number of pyridine rings is 1. The number of likely N-dealkylation sites (tertiary alicyclic amines) is 1. The zero-order valence-electron chi connectivity index (χ0n) is 18.5. The van der Waals surface area contributed by atoms with E-state index >= 15 is 0 Å². The highest BCUT2D eigenvalue weighted by molar-refractivity contribution is 6.36. The number of aliphatic hydroxyl groups is 2. The first-order valence-electron chi connectivity index (χ1n) is 10.9. The molecule has 1 saturated heterocycles. The molecule has 34 heavy (non-hydrogen) atoms. The minimum atomic E-state index is -0.826. The summed E-state index contributed by atoms with van der Waals surface area (Å²) in [6.07, 6.45) is 5.43. The van der Waals surface area contributed by atoms with E-state index in [9.17, 15) is 9.50 Å². The topological polar surface area (TPSA) is 110 Å². The van der Waals surface area contributed by atoms with Crippen molar-refractivity contribution in [1.82, 2.24) is 19.7 Å². The molecule has 182 valence electrons. The van der Waals surface area contributed by atoms with Gasteiger partial charge in [-0.25, -0.2) is 9.37 Å². The molecule has 8 nitrogen and oxygen atoms in total. The molecular formula is C23H26Cl2FN5O3. The zero-order chi connectivity index (χ0) is 24.4. The van der Waals surface area contributed by atoms with Crippen molar-refractivity contribution >= 4 is 29.0 Å². The van der Waals surface area contributed by atoms with Crippen LogP contribution in [-0.2, 0) is 0 Å². The second-order valence-corrected chi connectivity index (χ2v) is 9.05. The Balaban J connectivity index is 1.50. The van der Waals surface area contributed by atoms with E-state index in [4.69, 9.17) is 38.8 Å². The number of halogens is 3. The molecule has 4 rings (SSSR count). The van der Waals surface area contributed by atoms with E-state index in [1.807, 2.05) is 15.8 Å². The van der Waals surface area contributed by atoms with Gasteiger partial charge in [0.1, 0.15) is 18.1 Å². The Hall–Kier alpha value is -2.43. The summed E-state index contributed by atoms with van der Waals surface area (Å²) in [5, 5.41) is 23.7. The Morgan fingerprint density at radius 2 is 1.97 bits per heavy atom. The predicted molar refractivity (Wildman–Crippen MR) is 128 cm³/mol. The summed E-state index contributed by atoms with van der Waals surface area (Å²) in [6, 6.07) is 4.57. The number of nitrogens with two attached hydrogens (primary N) is 1. The largest absolute Gasteiger partial charge is 0.482 e. The first-order chi connectivity index (χ1) is 16.3. The summed E-state index contributed by atoms with van der Waals surface area (Å²) in [7, 11) is 0. The van der Waals surface area contributed by atoms with Crippen molar-refractivity contribution in [3.63, 3.8) is 0 Å². The Morgan fingerprint density at radius 3 is 2.68 bits per heavy atom. The van der Waals surface area contributed by atoms with Crippen molar-refractivity contribution in [2.24, 2.45) is 0 Å². The van der Waals surface area contributed by atoms with Crippen molar-refractivity contribution in [2.75, 3.05) is 25.4 Å². The molecule has 1 unspecified atom stereocenters. The molecule has 0 saturated carbocycles. The number of hydrogen-bond donors (Lipinski definition) is 3. The first-order valence-corrected chi connectivity index (χ1v) is 11.7. The van der Waals surface area contributed by atoms with Gasteiger partial charge in [-0.2, -0.15) is 5.10 Å². The Morgan fingerprint density at radius 1 is 1.24 bits per heavy atom. The lowest BCUT2D eigenvalue weighted by Crippen LogP contribution is -2.43. The van der Waals surface area contributed by atoms with Crippen LogP contribution >= 0.6 is 23.2 Å². The molecule has 0 amide bonds. The monoisotopic (exact) mass is 509 g/mol. The Kier molecular flexibility index (Phi) is 7.59. The Bertz CT molecular complexity index is 1150. The molecule has 3 heterocycles. The van der Waals surface area contributed by atoms with Crippen LogP contribution in [-0.4, -0.2) is 55.8 Å². The summed E-state index contributed by atoms with van der Waals surface area (Å²) < 4.78 is 21.8. The van der Waals surface area contributed by atoms with Gasteiger partial charge in [-0.3, -0.25) is 9.58 Å². The average molecular weight is 510 g/mol. The molecule has 1 aliphatic heterocycles. The SMILES string of the molecule is C[C@@H](Oc1cc(-c2cnn(C3CCN(C(O)CO)CC3)c2)cnc1N)c1c(Cl)ccc(F)c1Cl. The van der Waals surface area contributed by atoms with E-state index in [2.05, 4.69) is 10.1 Å². The van der Waals surface area contributed by atoms with Gasteiger partial charge in [0.05, 0.1) is 23.9 Å². The van der Waals surface area contributed by atoms with E-state index < -0.39 is 18.1 Å². The van der Waals surface area contributed by atoms with Crippen molar-refractivity contribution in [1.29, 1.82) is 0 Å². The molecule has 4 N–H and O–H groups in total. The molecule has 0 aliphatic carbocycles. The highest BCUT2D eigenvalue weighted by atomic mass is 35.5. The maximum atomic E-state index is 13.9. The molecular weight excluding hydrogens is 484 g/mol. The van der Waals surface area contributed by atoms with Crippen molar-refractivity contribution in [2.45, 2.75) is 38.1 Å². The molecule has 1 aliphatic rings. The van der Waals surface area contributed by atoms with E-state index in [-0.39, 0.29) is 23.5 Å². The number of nitrogens with zero attached hydrogens (tertiary/aromatic N) is 4. The molecule has 0 radical (unpaired) electrons. The fraction of sp³-hybridized carbons (Fsp3) is 0.391. The molecule has 1 aromatic carbocycles. The number of anilines is 1. The minimum absolute atomic E-state index is 0.0958. The van der Waals surface area contributed by atoms with Gasteiger partial charge in [-0.05, 0) is 38.0 Å². The van der Waals surface area contributed by atoms with Crippen LogP contribution in [0.5, 0.6) is 5.75 Å². The highest BCUT2D eigenvalue weighted by Crippen LogP contribution is 2.37. The Labute approximate surface area is 206 Å². The van der Waals surface area contributed by atoms with Crippen LogP contribution < -0.4 is 10.5 Å². The third-order valence-electron chi connectivity index (χ3n) is 6.06. The first kappa shape index (κ1) is 24.7. The lowest BCUT2D eigenvalue weighted by atomic mass is 10.0. The molecule has 2 atom stereocenters. The van der Waals surface area contributed by atoms with E-state index in [0.717, 1.165) is 24.0 Å². The molecule has 1 fully saturated rings. The lowest BCUT2D eigenvalue weighted by Gasteiger charge is -2.34. The van der Waals surface area contributed by atoms with Gasteiger partial charge in [-0.1, -0.05) is 23.2 Å². The highest BCUT2D eigenvalue weighted by Gasteiger charge is 2.25. The average Bonchev–Trinajstić information content (AvgIpc) is 3.33. The lowest BCUT2D eigenvalue weighted by molar-refractivity contribution is -0.0491. The van der Waals surface area contributed by atoms with Gasteiger partial charge in [0, 0.05) is 47.2 Å². The van der Waals surface area contributed by atoms with Crippen LogP contribution in [0, 0.1) is 5.82 Å². The zero-order valence-corrected chi connectivity index (χ0v) is 20.0. The van der Waals surface area contributed by atoms with Crippen LogP contribution in [0.1, 0.15) is 37.5 Å². The third-order valence-corrected chi connectivity index (χ3v) is 6.78. The maximum Gasteiger partial charge on any atom is 0.166 e. The number of aliphatic hydroxyl groups excluding tert-OH is 2. The summed E-state index contributed by atoms with van der Waals surface area (Å²) in [4.78, 5) is 6.10. The second kappa shape index (κ2) is 10.5. The number of nitrogen functional groups attached to an aromatic ring is 1. The summed E-state index contributed by atoms with van der Waals surface area (Å²) in [5.74, 6) is -0.0811. The van der Waals surface area contributed by atoms with Crippen LogP contribution in [0.25, 0.3) is 11.1 Å². The number of ether oxygens (including phenoxy) is 1. The quantitative estimate of drug-likeness (QED) is 0.412. The molecule has 11 heteroatoms. The molecule has 0 bridgehead atoms. The van der Waals surface area contributed by atoms with E-state index in [1.54, 1.807) is 25.4 Å². The predicted octanol–water partition coefficient (Wildman–Crippen LogP) is 4.06. The summed E-state index contributed by atoms with van der Waals surface area (Å²) in [6.45, 7) is 2.77. The fourth-order valence-corrected chi connectivity index (χ4v) is 4.80. The van der Waals surface area contributed by atoms with Crippen molar-refractivity contribution in [3.8, 4) is 16.9 Å². The van der Waals surface area contributed by atoms with Gasteiger partial charge in [0.15, 0.2) is 11.6 Å². The third kappa shape index (κ3) is 5.13. The van der Waals surface area contributed by atoms with Crippen LogP contribution in [0.4, 0.5) is 10.2 Å². The summed E-state index contributed by atoms with van der Waals surface area (Å²) in [5.41, 5.74) is 7.96. The van der Waals surface area contributed by atoms with E-state index in [1.165, 1.54) is 12.1 Å². The number of rotatable bonds is 7. The number of aromatic nitrogens is 3. The van der Waals surface area contributed by atoms with Gasteiger partial charge >= 0.3 is 0 Å². The van der Waals surface area contributed by atoms with Crippen molar-refractivity contribution < 1.29 is 19.3 Å². The van der Waals surface area contributed by atoms with Gasteiger partial charge < -0.3 is 20.7 Å². The number of piperidine rings is 1. The van der Waals surface area contributed by atoms with Gasteiger partial charge in [0.2, 0.25) is 0 Å². The smallest absolute Gasteiger partial charge is 0.166 e. The van der Waals surface area contributed by atoms with E-state index in [0.29, 0.717) is 29.4 Å². The van der Waals surface area contributed by atoms with Crippen LogP contribution in [0.15, 0.2) is 36.8 Å². The number of hydrogen-bond acceptors (Lipinski definition) is 7. The van der Waals surface area contributed by atoms with Crippen molar-refractivity contribution in [3.05, 3.63) is 58.2 Å². The van der Waals surface area contributed by atoms with Gasteiger partial charge in [0.25, 0.3) is 0 Å². The second-order valence-electron chi connectivity index (χ2n) is 8.26. The normalized spacial score (nSPS) is 17.0.